The van der Waals surface area contributed by atoms with Gasteiger partial charge in [0.05, 0.1) is 6.07 Å². The van der Waals surface area contributed by atoms with E-state index >= 15 is 0 Å². The zero-order valence-corrected chi connectivity index (χ0v) is 8.35. The van der Waals surface area contributed by atoms with E-state index < -0.39 is 6.04 Å². The number of nitrogens with zero attached hydrogens (tertiary/aromatic N) is 2. The van der Waals surface area contributed by atoms with Crippen molar-refractivity contribution in [1.82, 2.24) is 0 Å². The van der Waals surface area contributed by atoms with Gasteiger partial charge in [0.15, 0.2) is 0 Å². The van der Waals surface area contributed by atoms with Crippen LogP contribution in [-0.2, 0) is 0 Å². The fraction of sp³-hybridized carbons (Fsp3) is 0.364. The molecule has 2 N–H and O–H groups in total. The number of para-hydroxylation sites is 1. The fourth-order valence-corrected chi connectivity index (χ4v) is 1.33. The van der Waals surface area contributed by atoms with Gasteiger partial charge in [0, 0.05) is 18.8 Å². The highest BCUT2D eigenvalue weighted by Crippen LogP contribution is 2.12. The smallest absolute Gasteiger partial charge is 0.110 e. The summed E-state index contributed by atoms with van der Waals surface area (Å²) in [6.07, 6.45) is 0. The average Bonchev–Trinajstić information content (AvgIpc) is 2.26. The number of hydrogen-bond donors (Lipinski definition) is 1. The van der Waals surface area contributed by atoms with Crippen molar-refractivity contribution in [3.8, 4) is 6.07 Å². The van der Waals surface area contributed by atoms with Gasteiger partial charge in [-0.25, -0.2) is 0 Å². The van der Waals surface area contributed by atoms with E-state index in [1.807, 2.05) is 36.4 Å². The zero-order chi connectivity index (χ0) is 10.4. The average molecular weight is 189 g/mol. The summed E-state index contributed by atoms with van der Waals surface area (Å²) < 4.78 is 0. The SMILES string of the molecule is CCN(CC(N)C#N)c1ccccc1. The molecular weight excluding hydrogens is 174 g/mol. The predicted octanol–water partition coefficient (Wildman–Crippen LogP) is 1.36. The number of likely N-dealkylation sites (N-methyl/N-ethyl adjacent to an activating group) is 1. The number of nitrogens with two attached hydrogens (primary N) is 1. The summed E-state index contributed by atoms with van der Waals surface area (Å²) in [6, 6.07) is 11.6. The topological polar surface area (TPSA) is 53.0 Å². The molecule has 0 heterocycles. The molecule has 74 valence electrons. The summed E-state index contributed by atoms with van der Waals surface area (Å²) >= 11 is 0. The lowest BCUT2D eigenvalue weighted by Gasteiger charge is -2.23. The van der Waals surface area contributed by atoms with Gasteiger partial charge in [-0.2, -0.15) is 5.26 Å². The van der Waals surface area contributed by atoms with Gasteiger partial charge >= 0.3 is 0 Å². The van der Waals surface area contributed by atoms with Crippen molar-refractivity contribution in [1.29, 1.82) is 5.26 Å². The molecule has 0 saturated carbocycles. The van der Waals surface area contributed by atoms with Crippen LogP contribution in [0.5, 0.6) is 0 Å². The van der Waals surface area contributed by atoms with Crippen molar-refractivity contribution in [3.05, 3.63) is 30.3 Å². The number of hydrogen-bond acceptors (Lipinski definition) is 3. The Bertz CT molecular complexity index is 302. The van der Waals surface area contributed by atoms with Crippen molar-refractivity contribution >= 4 is 5.69 Å². The van der Waals surface area contributed by atoms with E-state index in [0.29, 0.717) is 6.54 Å². The second-order valence-electron chi connectivity index (χ2n) is 3.11. The molecule has 0 spiro atoms. The number of anilines is 1. The molecule has 1 unspecified atom stereocenters. The van der Waals surface area contributed by atoms with Crippen LogP contribution in [0.1, 0.15) is 6.92 Å². The molecule has 0 aliphatic heterocycles. The first-order valence-corrected chi connectivity index (χ1v) is 4.73. The van der Waals surface area contributed by atoms with Crippen LogP contribution in [0.25, 0.3) is 0 Å². The Morgan fingerprint density at radius 1 is 1.43 bits per heavy atom. The standard InChI is InChI=1S/C11H15N3/c1-2-14(9-10(13)8-12)11-6-4-3-5-7-11/h3-7,10H,2,9,13H2,1H3. The van der Waals surface area contributed by atoms with Crippen molar-refractivity contribution in [3.63, 3.8) is 0 Å². The van der Waals surface area contributed by atoms with E-state index in [2.05, 4.69) is 11.8 Å². The quantitative estimate of drug-likeness (QED) is 0.778. The summed E-state index contributed by atoms with van der Waals surface area (Å²) in [5.41, 5.74) is 6.70. The van der Waals surface area contributed by atoms with Gasteiger partial charge in [0.25, 0.3) is 0 Å². The summed E-state index contributed by atoms with van der Waals surface area (Å²) in [6.45, 7) is 3.49. The van der Waals surface area contributed by atoms with Crippen LogP contribution in [0.15, 0.2) is 30.3 Å². The van der Waals surface area contributed by atoms with E-state index in [-0.39, 0.29) is 0 Å². The summed E-state index contributed by atoms with van der Waals surface area (Å²) in [5.74, 6) is 0. The van der Waals surface area contributed by atoms with Gasteiger partial charge in [0.2, 0.25) is 0 Å². The highest BCUT2D eigenvalue weighted by molar-refractivity contribution is 5.46. The van der Waals surface area contributed by atoms with Crippen LogP contribution >= 0.6 is 0 Å². The Hall–Kier alpha value is -1.53. The summed E-state index contributed by atoms with van der Waals surface area (Å²) in [4.78, 5) is 2.09. The monoisotopic (exact) mass is 189 g/mol. The molecule has 1 rings (SSSR count). The molecule has 0 amide bonds. The minimum Gasteiger partial charge on any atom is -0.369 e. The molecule has 0 bridgehead atoms. The summed E-state index contributed by atoms with van der Waals surface area (Å²) in [5, 5.41) is 8.62. The van der Waals surface area contributed by atoms with Crippen LogP contribution in [-0.4, -0.2) is 19.1 Å². The van der Waals surface area contributed by atoms with Crippen LogP contribution in [0.2, 0.25) is 0 Å². The molecular formula is C11H15N3. The third-order valence-electron chi connectivity index (χ3n) is 2.09. The minimum atomic E-state index is -0.421. The van der Waals surface area contributed by atoms with Gasteiger partial charge in [-0.15, -0.1) is 0 Å². The third-order valence-corrected chi connectivity index (χ3v) is 2.09. The molecule has 0 aliphatic rings. The molecule has 0 aliphatic carbocycles. The highest BCUT2D eigenvalue weighted by Gasteiger charge is 2.07. The van der Waals surface area contributed by atoms with Gasteiger partial charge in [-0.3, -0.25) is 0 Å². The van der Waals surface area contributed by atoms with Crippen molar-refractivity contribution in [2.75, 3.05) is 18.0 Å². The normalized spacial score (nSPS) is 11.8. The molecule has 14 heavy (non-hydrogen) atoms. The van der Waals surface area contributed by atoms with Gasteiger partial charge in [0.1, 0.15) is 6.04 Å². The van der Waals surface area contributed by atoms with Crippen molar-refractivity contribution in [2.45, 2.75) is 13.0 Å². The van der Waals surface area contributed by atoms with Crippen LogP contribution in [0.3, 0.4) is 0 Å². The van der Waals surface area contributed by atoms with E-state index in [1.165, 1.54) is 0 Å². The highest BCUT2D eigenvalue weighted by atomic mass is 15.1. The summed E-state index contributed by atoms with van der Waals surface area (Å²) in [7, 11) is 0. The number of rotatable bonds is 4. The van der Waals surface area contributed by atoms with Gasteiger partial charge in [-0.05, 0) is 19.1 Å². The van der Waals surface area contributed by atoms with Gasteiger partial charge in [-0.1, -0.05) is 18.2 Å². The Labute approximate surface area is 84.7 Å². The first-order chi connectivity index (χ1) is 6.77. The van der Waals surface area contributed by atoms with E-state index in [1.54, 1.807) is 0 Å². The lowest BCUT2D eigenvalue weighted by Crippen LogP contribution is -2.36. The van der Waals surface area contributed by atoms with E-state index in [9.17, 15) is 0 Å². The lowest BCUT2D eigenvalue weighted by molar-refractivity contribution is 0.744. The first-order valence-electron chi connectivity index (χ1n) is 4.73. The second-order valence-corrected chi connectivity index (χ2v) is 3.11. The molecule has 0 saturated heterocycles. The maximum absolute atomic E-state index is 8.62. The van der Waals surface area contributed by atoms with Crippen LogP contribution < -0.4 is 10.6 Å². The van der Waals surface area contributed by atoms with Crippen molar-refractivity contribution < 1.29 is 0 Å². The molecule has 0 radical (unpaired) electrons. The Morgan fingerprint density at radius 3 is 2.57 bits per heavy atom. The largest absolute Gasteiger partial charge is 0.369 e. The molecule has 1 atom stereocenters. The second kappa shape index (κ2) is 5.25. The third kappa shape index (κ3) is 2.75. The van der Waals surface area contributed by atoms with Crippen LogP contribution in [0, 0.1) is 11.3 Å². The lowest BCUT2D eigenvalue weighted by atomic mass is 10.2. The van der Waals surface area contributed by atoms with Crippen molar-refractivity contribution in [2.24, 2.45) is 5.73 Å². The number of nitriles is 1. The molecule has 0 fully saturated rings. The zero-order valence-electron chi connectivity index (χ0n) is 8.35. The number of benzene rings is 1. The molecule has 0 aromatic heterocycles. The van der Waals surface area contributed by atoms with Crippen LogP contribution in [0.4, 0.5) is 5.69 Å². The molecule has 1 aromatic carbocycles. The minimum absolute atomic E-state index is 0.421. The van der Waals surface area contributed by atoms with E-state index in [0.717, 1.165) is 12.2 Å². The maximum Gasteiger partial charge on any atom is 0.110 e. The Morgan fingerprint density at radius 2 is 2.07 bits per heavy atom. The molecule has 3 nitrogen and oxygen atoms in total. The molecule has 3 heteroatoms. The Kier molecular flexibility index (Phi) is 3.96. The fourth-order valence-electron chi connectivity index (χ4n) is 1.33. The first kappa shape index (κ1) is 10.6. The maximum atomic E-state index is 8.62. The van der Waals surface area contributed by atoms with E-state index in [4.69, 9.17) is 11.0 Å². The predicted molar refractivity (Wildman–Crippen MR) is 57.9 cm³/mol. The molecule has 1 aromatic rings. The Balaban J connectivity index is 2.69. The van der Waals surface area contributed by atoms with Gasteiger partial charge < -0.3 is 10.6 Å².